The van der Waals surface area contributed by atoms with E-state index in [0.717, 1.165) is 19.6 Å². The molecule has 19 heavy (non-hydrogen) atoms. The summed E-state index contributed by atoms with van der Waals surface area (Å²) >= 11 is 0. The fraction of sp³-hybridized carbons (Fsp3) is 0.933. The number of hydrogen-bond donors (Lipinski definition) is 2. The van der Waals surface area contributed by atoms with Crippen molar-refractivity contribution in [2.24, 2.45) is 0 Å². The van der Waals surface area contributed by atoms with Crippen molar-refractivity contribution >= 4 is 5.91 Å². The largest absolute Gasteiger partial charge is 0.352 e. The van der Waals surface area contributed by atoms with E-state index in [1.165, 1.54) is 44.9 Å². The molecular weight excluding hydrogens is 238 g/mol. The Kier molecular flexibility index (Phi) is 3.81. The molecule has 3 fully saturated rings. The molecule has 1 saturated heterocycles. The first-order chi connectivity index (χ1) is 9.21. The molecule has 0 bridgehead atoms. The Morgan fingerprint density at radius 3 is 2.74 bits per heavy atom. The van der Waals surface area contributed by atoms with Crippen molar-refractivity contribution in [1.82, 2.24) is 15.5 Å². The lowest BCUT2D eigenvalue weighted by Crippen LogP contribution is -2.66. The zero-order chi connectivity index (χ0) is 13.3. The summed E-state index contributed by atoms with van der Waals surface area (Å²) in [7, 11) is 0. The highest BCUT2D eigenvalue weighted by Gasteiger charge is 2.43. The van der Waals surface area contributed by atoms with Crippen LogP contribution in [0.4, 0.5) is 0 Å². The standard InChI is InChI=1S/C15H27N3O/c1-12(14(19)17-13-5-6-13)18-10-9-16-11-15(18)7-3-2-4-8-15/h12-13,16H,2-11H2,1H3,(H,17,19). The first kappa shape index (κ1) is 13.4. The number of rotatable bonds is 3. The summed E-state index contributed by atoms with van der Waals surface area (Å²) in [5.41, 5.74) is 0.247. The van der Waals surface area contributed by atoms with E-state index in [4.69, 9.17) is 0 Å². The monoisotopic (exact) mass is 265 g/mol. The first-order valence-corrected chi connectivity index (χ1v) is 7.99. The van der Waals surface area contributed by atoms with Gasteiger partial charge in [0.25, 0.3) is 0 Å². The lowest BCUT2D eigenvalue weighted by molar-refractivity contribution is -0.130. The van der Waals surface area contributed by atoms with Gasteiger partial charge in [-0.05, 0) is 32.6 Å². The number of nitrogens with one attached hydrogen (secondary N) is 2. The molecule has 0 aromatic heterocycles. The van der Waals surface area contributed by atoms with Crippen LogP contribution < -0.4 is 10.6 Å². The molecule has 2 saturated carbocycles. The third-order valence-electron chi connectivity index (χ3n) is 5.15. The van der Waals surface area contributed by atoms with Crippen molar-refractivity contribution in [1.29, 1.82) is 0 Å². The number of carbonyl (C=O) groups is 1. The molecule has 3 rings (SSSR count). The number of amides is 1. The second kappa shape index (κ2) is 5.41. The fourth-order valence-corrected chi connectivity index (χ4v) is 3.83. The topological polar surface area (TPSA) is 44.4 Å². The van der Waals surface area contributed by atoms with Crippen LogP contribution in [-0.2, 0) is 4.79 Å². The van der Waals surface area contributed by atoms with E-state index in [2.05, 4.69) is 22.5 Å². The van der Waals surface area contributed by atoms with Gasteiger partial charge in [-0.2, -0.15) is 0 Å². The van der Waals surface area contributed by atoms with E-state index >= 15 is 0 Å². The van der Waals surface area contributed by atoms with Crippen LogP contribution in [-0.4, -0.2) is 48.1 Å². The maximum atomic E-state index is 12.3. The summed E-state index contributed by atoms with van der Waals surface area (Å²) in [6.07, 6.45) is 8.83. The molecule has 1 amide bonds. The van der Waals surface area contributed by atoms with Gasteiger partial charge >= 0.3 is 0 Å². The molecule has 108 valence electrons. The Balaban J connectivity index is 1.69. The highest BCUT2D eigenvalue weighted by Crippen LogP contribution is 2.36. The van der Waals surface area contributed by atoms with Gasteiger partial charge in [0.05, 0.1) is 6.04 Å². The quantitative estimate of drug-likeness (QED) is 0.807. The lowest BCUT2D eigenvalue weighted by Gasteiger charge is -2.51. The zero-order valence-electron chi connectivity index (χ0n) is 12.1. The average molecular weight is 265 g/mol. The van der Waals surface area contributed by atoms with E-state index in [-0.39, 0.29) is 17.5 Å². The minimum absolute atomic E-state index is 0.0285. The van der Waals surface area contributed by atoms with Crippen molar-refractivity contribution < 1.29 is 4.79 Å². The van der Waals surface area contributed by atoms with E-state index in [0.29, 0.717) is 6.04 Å². The van der Waals surface area contributed by atoms with Crippen LogP contribution in [0.2, 0.25) is 0 Å². The Labute approximate surface area is 116 Å². The van der Waals surface area contributed by atoms with Crippen molar-refractivity contribution in [3.05, 3.63) is 0 Å². The second-order valence-electron chi connectivity index (χ2n) is 6.61. The van der Waals surface area contributed by atoms with Crippen LogP contribution in [0.5, 0.6) is 0 Å². The van der Waals surface area contributed by atoms with E-state index in [9.17, 15) is 4.79 Å². The zero-order valence-corrected chi connectivity index (χ0v) is 12.1. The minimum atomic E-state index is 0.0285. The summed E-state index contributed by atoms with van der Waals surface area (Å²) in [4.78, 5) is 14.8. The number of carbonyl (C=O) groups excluding carboxylic acids is 1. The number of nitrogens with zero attached hydrogens (tertiary/aromatic N) is 1. The molecule has 2 aliphatic carbocycles. The third-order valence-corrected chi connectivity index (χ3v) is 5.15. The molecule has 0 aromatic rings. The van der Waals surface area contributed by atoms with Crippen LogP contribution in [0.1, 0.15) is 51.9 Å². The van der Waals surface area contributed by atoms with Gasteiger partial charge in [0.15, 0.2) is 0 Å². The normalized spacial score (nSPS) is 29.1. The highest BCUT2D eigenvalue weighted by atomic mass is 16.2. The van der Waals surface area contributed by atoms with Crippen molar-refractivity contribution in [3.8, 4) is 0 Å². The third kappa shape index (κ3) is 2.79. The Morgan fingerprint density at radius 2 is 2.05 bits per heavy atom. The van der Waals surface area contributed by atoms with Gasteiger partial charge in [-0.3, -0.25) is 9.69 Å². The number of hydrogen-bond acceptors (Lipinski definition) is 3. The summed E-state index contributed by atoms with van der Waals surface area (Å²) < 4.78 is 0. The van der Waals surface area contributed by atoms with Crippen LogP contribution in [0.15, 0.2) is 0 Å². The van der Waals surface area contributed by atoms with Gasteiger partial charge in [-0.1, -0.05) is 19.3 Å². The molecular formula is C15H27N3O. The van der Waals surface area contributed by atoms with Gasteiger partial charge in [0, 0.05) is 31.2 Å². The summed E-state index contributed by atoms with van der Waals surface area (Å²) in [5, 5.41) is 6.72. The predicted molar refractivity (Wildman–Crippen MR) is 76.0 cm³/mol. The molecule has 1 aliphatic heterocycles. The van der Waals surface area contributed by atoms with Gasteiger partial charge in [-0.15, -0.1) is 0 Å². The van der Waals surface area contributed by atoms with Crippen LogP contribution in [0, 0.1) is 0 Å². The van der Waals surface area contributed by atoms with Gasteiger partial charge < -0.3 is 10.6 Å². The average Bonchev–Trinajstić information content (AvgIpc) is 3.23. The minimum Gasteiger partial charge on any atom is -0.352 e. The molecule has 1 atom stereocenters. The molecule has 2 N–H and O–H groups in total. The molecule has 3 aliphatic rings. The summed E-state index contributed by atoms with van der Waals surface area (Å²) in [6.45, 7) is 5.19. The van der Waals surface area contributed by atoms with Crippen molar-refractivity contribution in [2.45, 2.75) is 69.5 Å². The second-order valence-corrected chi connectivity index (χ2v) is 6.61. The van der Waals surface area contributed by atoms with Gasteiger partial charge in [-0.25, -0.2) is 0 Å². The Hall–Kier alpha value is -0.610. The fourth-order valence-electron chi connectivity index (χ4n) is 3.83. The molecule has 1 spiro atoms. The summed E-state index contributed by atoms with van der Waals surface area (Å²) in [6, 6.07) is 0.501. The Morgan fingerprint density at radius 1 is 1.32 bits per heavy atom. The lowest BCUT2D eigenvalue weighted by atomic mass is 9.78. The molecule has 0 aromatic carbocycles. The van der Waals surface area contributed by atoms with Crippen LogP contribution in [0.3, 0.4) is 0 Å². The van der Waals surface area contributed by atoms with E-state index < -0.39 is 0 Å². The SMILES string of the molecule is CC(C(=O)NC1CC1)N1CCNCC12CCCCC2. The summed E-state index contributed by atoms with van der Waals surface area (Å²) in [5.74, 6) is 0.245. The van der Waals surface area contributed by atoms with Crippen molar-refractivity contribution in [2.75, 3.05) is 19.6 Å². The highest BCUT2D eigenvalue weighted by molar-refractivity contribution is 5.82. The predicted octanol–water partition coefficient (Wildman–Crippen LogP) is 1.26. The van der Waals surface area contributed by atoms with Crippen LogP contribution >= 0.6 is 0 Å². The molecule has 1 heterocycles. The van der Waals surface area contributed by atoms with Gasteiger partial charge in [0.2, 0.25) is 5.91 Å². The molecule has 1 unspecified atom stereocenters. The van der Waals surface area contributed by atoms with Crippen molar-refractivity contribution in [3.63, 3.8) is 0 Å². The van der Waals surface area contributed by atoms with Crippen LogP contribution in [0.25, 0.3) is 0 Å². The van der Waals surface area contributed by atoms with E-state index in [1.807, 2.05) is 0 Å². The van der Waals surface area contributed by atoms with Gasteiger partial charge in [0.1, 0.15) is 0 Å². The maximum absolute atomic E-state index is 12.3. The first-order valence-electron chi connectivity index (χ1n) is 7.99. The smallest absolute Gasteiger partial charge is 0.237 e. The number of piperazine rings is 1. The molecule has 4 nitrogen and oxygen atoms in total. The van der Waals surface area contributed by atoms with E-state index in [1.54, 1.807) is 0 Å². The maximum Gasteiger partial charge on any atom is 0.237 e. The molecule has 0 radical (unpaired) electrons. The molecule has 4 heteroatoms. The Bertz CT molecular complexity index is 326.